The number of aliphatic carboxylic acids is 1. The summed E-state index contributed by atoms with van der Waals surface area (Å²) in [6.45, 7) is 1.84. The zero-order valence-corrected chi connectivity index (χ0v) is 15.8. The van der Waals surface area contributed by atoms with Gasteiger partial charge >= 0.3 is 5.97 Å². The lowest BCUT2D eigenvalue weighted by Gasteiger charge is -2.13. The maximum absolute atomic E-state index is 12.7. The van der Waals surface area contributed by atoms with Gasteiger partial charge in [-0.3, -0.25) is 14.4 Å². The molecule has 3 N–H and O–H groups in total. The first-order valence-corrected chi connectivity index (χ1v) is 9.02. The smallest absolute Gasteiger partial charge is 0.307 e. The third-order valence-electron chi connectivity index (χ3n) is 4.39. The highest BCUT2D eigenvalue weighted by molar-refractivity contribution is 6.08. The van der Waals surface area contributed by atoms with E-state index in [9.17, 15) is 14.4 Å². The molecule has 0 fully saturated rings. The van der Waals surface area contributed by atoms with E-state index in [0.29, 0.717) is 28.1 Å². The lowest BCUT2D eigenvalue weighted by atomic mass is 10.1. The Morgan fingerprint density at radius 1 is 0.759 bits per heavy atom. The van der Waals surface area contributed by atoms with Gasteiger partial charge in [0.05, 0.1) is 6.42 Å². The highest BCUT2D eigenvalue weighted by Gasteiger charge is 2.14. The van der Waals surface area contributed by atoms with Crippen LogP contribution in [0.15, 0.2) is 72.8 Å². The van der Waals surface area contributed by atoms with Crippen LogP contribution >= 0.6 is 0 Å². The van der Waals surface area contributed by atoms with E-state index in [1.54, 1.807) is 66.7 Å². The molecule has 0 aliphatic heterocycles. The van der Waals surface area contributed by atoms with Gasteiger partial charge in [0.1, 0.15) is 0 Å². The summed E-state index contributed by atoms with van der Waals surface area (Å²) < 4.78 is 0. The van der Waals surface area contributed by atoms with Crippen LogP contribution in [0.4, 0.5) is 11.4 Å². The van der Waals surface area contributed by atoms with Gasteiger partial charge in [0.15, 0.2) is 0 Å². The lowest BCUT2D eigenvalue weighted by Crippen LogP contribution is -2.16. The monoisotopic (exact) mass is 388 g/mol. The number of rotatable bonds is 6. The average Bonchev–Trinajstić information content (AvgIpc) is 2.71. The number of para-hydroxylation sites is 1. The van der Waals surface area contributed by atoms with E-state index in [2.05, 4.69) is 10.6 Å². The second-order valence-electron chi connectivity index (χ2n) is 6.53. The maximum Gasteiger partial charge on any atom is 0.307 e. The second-order valence-corrected chi connectivity index (χ2v) is 6.53. The Bertz CT molecular complexity index is 1060. The van der Waals surface area contributed by atoms with Crippen LogP contribution in [0.25, 0.3) is 0 Å². The number of hydrogen-bond acceptors (Lipinski definition) is 3. The summed E-state index contributed by atoms with van der Waals surface area (Å²) in [7, 11) is 0. The number of amides is 2. The van der Waals surface area contributed by atoms with Crippen LogP contribution < -0.4 is 10.6 Å². The van der Waals surface area contributed by atoms with E-state index < -0.39 is 11.9 Å². The van der Waals surface area contributed by atoms with E-state index in [1.807, 2.05) is 13.0 Å². The first-order valence-electron chi connectivity index (χ1n) is 9.02. The van der Waals surface area contributed by atoms with Crippen molar-refractivity contribution in [3.63, 3.8) is 0 Å². The molecule has 6 heteroatoms. The van der Waals surface area contributed by atoms with Crippen molar-refractivity contribution in [1.29, 1.82) is 0 Å². The van der Waals surface area contributed by atoms with Gasteiger partial charge in [0, 0.05) is 22.5 Å². The van der Waals surface area contributed by atoms with Crippen molar-refractivity contribution in [1.82, 2.24) is 0 Å². The van der Waals surface area contributed by atoms with Gasteiger partial charge in [-0.05, 0) is 48.4 Å². The molecule has 0 aromatic heterocycles. The molecule has 0 radical (unpaired) electrons. The van der Waals surface area contributed by atoms with Crippen molar-refractivity contribution in [3.05, 3.63) is 95.1 Å². The number of nitrogens with one attached hydrogen (secondary N) is 2. The molecule has 0 heterocycles. The molecule has 0 atom stereocenters. The predicted molar refractivity (Wildman–Crippen MR) is 111 cm³/mol. The minimum absolute atomic E-state index is 0.192. The van der Waals surface area contributed by atoms with Gasteiger partial charge in [-0.15, -0.1) is 0 Å². The molecule has 6 nitrogen and oxygen atoms in total. The number of carboxylic acid groups (broad SMARTS) is 1. The van der Waals surface area contributed by atoms with E-state index >= 15 is 0 Å². The zero-order valence-electron chi connectivity index (χ0n) is 15.8. The largest absolute Gasteiger partial charge is 0.481 e. The van der Waals surface area contributed by atoms with E-state index in [-0.39, 0.29) is 12.3 Å². The molecule has 0 spiro atoms. The summed E-state index contributed by atoms with van der Waals surface area (Å²) in [5, 5.41) is 14.6. The highest BCUT2D eigenvalue weighted by atomic mass is 16.4. The molecule has 0 saturated carbocycles. The fourth-order valence-electron chi connectivity index (χ4n) is 2.84. The van der Waals surface area contributed by atoms with Gasteiger partial charge in [-0.2, -0.15) is 0 Å². The second kappa shape index (κ2) is 8.84. The Morgan fingerprint density at radius 3 is 2.10 bits per heavy atom. The third-order valence-corrected chi connectivity index (χ3v) is 4.39. The minimum Gasteiger partial charge on any atom is -0.481 e. The normalized spacial score (nSPS) is 10.2. The number of carbonyl (C=O) groups is 3. The molecule has 0 bridgehead atoms. The van der Waals surface area contributed by atoms with E-state index in [4.69, 9.17) is 5.11 Å². The van der Waals surface area contributed by atoms with Gasteiger partial charge in [-0.25, -0.2) is 0 Å². The summed E-state index contributed by atoms with van der Waals surface area (Å²) in [5.74, 6) is -1.64. The van der Waals surface area contributed by atoms with Crippen LogP contribution in [0.2, 0.25) is 0 Å². The molecule has 0 aliphatic rings. The van der Waals surface area contributed by atoms with Crippen molar-refractivity contribution >= 4 is 29.2 Å². The van der Waals surface area contributed by atoms with Gasteiger partial charge < -0.3 is 15.7 Å². The van der Waals surface area contributed by atoms with E-state index in [0.717, 1.165) is 5.56 Å². The van der Waals surface area contributed by atoms with Gasteiger partial charge in [0.2, 0.25) is 0 Å². The molecular formula is C23H20N2O4. The molecular weight excluding hydrogens is 368 g/mol. The average molecular weight is 388 g/mol. The van der Waals surface area contributed by atoms with Crippen LogP contribution in [-0.2, 0) is 11.2 Å². The molecule has 29 heavy (non-hydrogen) atoms. The summed E-state index contributed by atoms with van der Waals surface area (Å²) in [6, 6.07) is 20.6. The highest BCUT2D eigenvalue weighted by Crippen LogP contribution is 2.21. The van der Waals surface area contributed by atoms with Crippen LogP contribution in [0, 0.1) is 6.92 Å². The van der Waals surface area contributed by atoms with Gasteiger partial charge in [0.25, 0.3) is 11.8 Å². The Morgan fingerprint density at radius 2 is 1.38 bits per heavy atom. The Hall–Kier alpha value is -3.93. The molecule has 0 unspecified atom stereocenters. The van der Waals surface area contributed by atoms with Crippen LogP contribution in [0.1, 0.15) is 31.8 Å². The standard InChI is InChI=1S/C23H20N2O4/c1-15-11-12-18(13-20(15)25-22(28)16-7-3-2-4-8-16)23(29)24-19-10-6-5-9-17(19)14-21(26)27/h2-13H,14H2,1H3,(H,24,29)(H,25,28)(H,26,27). The summed E-state index contributed by atoms with van der Waals surface area (Å²) in [6.07, 6.45) is -0.192. The molecule has 3 rings (SSSR count). The van der Waals surface area contributed by atoms with Crippen LogP contribution in [-0.4, -0.2) is 22.9 Å². The number of carbonyl (C=O) groups excluding carboxylic acids is 2. The minimum atomic E-state index is -0.979. The first-order chi connectivity index (χ1) is 13.9. The van der Waals surface area contributed by atoms with Gasteiger partial charge in [-0.1, -0.05) is 42.5 Å². The number of aryl methyl sites for hydroxylation is 1. The van der Waals surface area contributed by atoms with Crippen LogP contribution in [0.3, 0.4) is 0 Å². The summed E-state index contributed by atoms with van der Waals surface area (Å²) in [4.78, 5) is 36.1. The number of benzene rings is 3. The fraction of sp³-hybridized carbons (Fsp3) is 0.0870. The molecule has 3 aromatic rings. The zero-order chi connectivity index (χ0) is 20.8. The van der Waals surface area contributed by atoms with Crippen molar-refractivity contribution in [2.45, 2.75) is 13.3 Å². The van der Waals surface area contributed by atoms with Crippen molar-refractivity contribution in [2.24, 2.45) is 0 Å². The predicted octanol–water partition coefficient (Wildman–Crippen LogP) is 4.13. The fourth-order valence-corrected chi connectivity index (χ4v) is 2.84. The molecule has 3 aromatic carbocycles. The Kier molecular flexibility index (Phi) is 6.04. The number of anilines is 2. The number of carboxylic acids is 1. The first kappa shape index (κ1) is 19.8. The van der Waals surface area contributed by atoms with Crippen molar-refractivity contribution < 1.29 is 19.5 Å². The van der Waals surface area contributed by atoms with Crippen LogP contribution in [0.5, 0.6) is 0 Å². The number of hydrogen-bond donors (Lipinski definition) is 3. The third kappa shape index (κ3) is 5.07. The van der Waals surface area contributed by atoms with Crippen molar-refractivity contribution in [2.75, 3.05) is 10.6 Å². The topological polar surface area (TPSA) is 95.5 Å². The summed E-state index contributed by atoms with van der Waals surface area (Å²) in [5.41, 5.74) is 3.17. The molecule has 2 amide bonds. The quantitative estimate of drug-likeness (QED) is 0.592. The van der Waals surface area contributed by atoms with Crippen molar-refractivity contribution in [3.8, 4) is 0 Å². The summed E-state index contributed by atoms with van der Waals surface area (Å²) >= 11 is 0. The molecule has 0 saturated heterocycles. The Balaban J connectivity index is 1.80. The molecule has 146 valence electrons. The Labute approximate surface area is 168 Å². The SMILES string of the molecule is Cc1ccc(C(=O)Nc2ccccc2CC(=O)O)cc1NC(=O)c1ccccc1. The maximum atomic E-state index is 12.7. The lowest BCUT2D eigenvalue weighted by molar-refractivity contribution is -0.136. The molecule has 0 aliphatic carbocycles. The van der Waals surface area contributed by atoms with E-state index in [1.165, 1.54) is 0 Å².